The van der Waals surface area contributed by atoms with E-state index in [0.717, 1.165) is 18.2 Å². The minimum absolute atomic E-state index is 0.0404. The summed E-state index contributed by atoms with van der Waals surface area (Å²) in [5.74, 6) is -1.89. The van der Waals surface area contributed by atoms with Gasteiger partial charge in [0.2, 0.25) is 0 Å². The molecule has 1 nitrogen and oxygen atoms in total. The molecular weight excluding hydrogens is 227 g/mol. The van der Waals surface area contributed by atoms with E-state index in [-0.39, 0.29) is 16.7 Å². The van der Waals surface area contributed by atoms with E-state index in [0.29, 0.717) is 5.69 Å². The molecule has 2 aromatic rings. The zero-order chi connectivity index (χ0) is 12.6. The number of rotatable bonds is 1. The Hall–Kier alpha value is -1.97. The predicted octanol–water partition coefficient (Wildman–Crippen LogP) is 3.66. The van der Waals surface area contributed by atoms with Crippen molar-refractivity contribution < 1.29 is 13.2 Å². The van der Waals surface area contributed by atoms with Crippen LogP contribution in [0.3, 0.4) is 0 Å². The van der Waals surface area contributed by atoms with Crippen LogP contribution >= 0.6 is 0 Å². The molecule has 2 aromatic carbocycles. The summed E-state index contributed by atoms with van der Waals surface area (Å²) in [6.07, 6.45) is 0. The molecule has 0 atom stereocenters. The van der Waals surface area contributed by atoms with Gasteiger partial charge in [0.25, 0.3) is 0 Å². The summed E-state index contributed by atoms with van der Waals surface area (Å²) in [5, 5.41) is 0. The van der Waals surface area contributed by atoms with Crippen LogP contribution in [-0.2, 0) is 0 Å². The Labute approximate surface area is 96.7 Å². The first kappa shape index (κ1) is 11.5. The zero-order valence-electron chi connectivity index (χ0n) is 9.10. The average Bonchev–Trinajstić information content (AvgIpc) is 2.27. The molecule has 0 aliphatic rings. The lowest BCUT2D eigenvalue weighted by Crippen LogP contribution is -1.94. The minimum Gasteiger partial charge on any atom is -0.399 e. The monoisotopic (exact) mass is 237 g/mol. The lowest BCUT2D eigenvalue weighted by Gasteiger charge is -2.07. The second kappa shape index (κ2) is 4.13. The number of halogens is 3. The van der Waals surface area contributed by atoms with Gasteiger partial charge in [-0.1, -0.05) is 0 Å². The third-order valence-corrected chi connectivity index (χ3v) is 2.53. The number of anilines is 1. The second-order valence-electron chi connectivity index (χ2n) is 3.82. The third kappa shape index (κ3) is 2.11. The van der Waals surface area contributed by atoms with Gasteiger partial charge in [-0.2, -0.15) is 0 Å². The smallest absolute Gasteiger partial charge is 0.131 e. The molecular formula is C13H10F3N. The molecule has 0 aromatic heterocycles. The highest BCUT2D eigenvalue weighted by atomic mass is 19.1. The maximum Gasteiger partial charge on any atom is 0.131 e. The van der Waals surface area contributed by atoms with Crippen molar-refractivity contribution in [2.75, 3.05) is 5.73 Å². The van der Waals surface area contributed by atoms with Gasteiger partial charge >= 0.3 is 0 Å². The Morgan fingerprint density at radius 2 is 1.47 bits per heavy atom. The fourth-order valence-electron chi connectivity index (χ4n) is 1.60. The molecule has 0 fully saturated rings. The largest absolute Gasteiger partial charge is 0.399 e. The van der Waals surface area contributed by atoms with Crippen LogP contribution < -0.4 is 5.73 Å². The van der Waals surface area contributed by atoms with Crippen molar-refractivity contribution in [3.8, 4) is 11.1 Å². The maximum atomic E-state index is 13.7. The van der Waals surface area contributed by atoms with Gasteiger partial charge in [0.15, 0.2) is 0 Å². The van der Waals surface area contributed by atoms with Crippen molar-refractivity contribution in [1.82, 2.24) is 0 Å². The fraction of sp³-hybridized carbons (Fsp3) is 0.0769. The van der Waals surface area contributed by atoms with Crippen molar-refractivity contribution in [3.05, 3.63) is 53.3 Å². The molecule has 0 saturated heterocycles. The standard InChI is InChI=1S/C13H10F3N/c1-7-4-13(16)10(6-12(7)15)9-5-8(17)2-3-11(9)14/h2-6H,17H2,1H3. The molecule has 4 heteroatoms. The van der Waals surface area contributed by atoms with Crippen LogP contribution in [-0.4, -0.2) is 0 Å². The number of hydrogen-bond donors (Lipinski definition) is 1. The van der Waals surface area contributed by atoms with Crippen molar-refractivity contribution >= 4 is 5.69 Å². The molecule has 0 spiro atoms. The van der Waals surface area contributed by atoms with E-state index in [2.05, 4.69) is 0 Å². The van der Waals surface area contributed by atoms with Crippen LogP contribution in [0.1, 0.15) is 5.56 Å². The highest BCUT2D eigenvalue weighted by molar-refractivity contribution is 5.69. The summed E-state index contributed by atoms with van der Waals surface area (Å²) >= 11 is 0. The summed E-state index contributed by atoms with van der Waals surface area (Å²) in [6.45, 7) is 1.44. The summed E-state index contributed by atoms with van der Waals surface area (Å²) in [5.41, 5.74) is 5.80. The number of aryl methyl sites for hydroxylation is 1. The summed E-state index contributed by atoms with van der Waals surface area (Å²) in [6, 6.07) is 5.78. The molecule has 2 rings (SSSR count). The van der Waals surface area contributed by atoms with Crippen LogP contribution in [0.5, 0.6) is 0 Å². The van der Waals surface area contributed by atoms with E-state index in [4.69, 9.17) is 5.73 Å². The summed E-state index contributed by atoms with van der Waals surface area (Å²) in [7, 11) is 0. The topological polar surface area (TPSA) is 26.0 Å². The van der Waals surface area contributed by atoms with Gasteiger partial charge in [-0.05, 0) is 42.8 Å². The van der Waals surface area contributed by atoms with Gasteiger partial charge < -0.3 is 5.73 Å². The molecule has 0 amide bonds. The van der Waals surface area contributed by atoms with Crippen LogP contribution in [0.25, 0.3) is 11.1 Å². The number of hydrogen-bond acceptors (Lipinski definition) is 1. The van der Waals surface area contributed by atoms with E-state index < -0.39 is 17.5 Å². The number of nitrogen functional groups attached to an aromatic ring is 1. The Balaban J connectivity index is 2.68. The summed E-state index contributed by atoms with van der Waals surface area (Å²) < 4.78 is 40.5. The second-order valence-corrected chi connectivity index (χ2v) is 3.82. The first-order valence-corrected chi connectivity index (χ1v) is 5.00. The fourth-order valence-corrected chi connectivity index (χ4v) is 1.60. The highest BCUT2D eigenvalue weighted by Gasteiger charge is 2.13. The lowest BCUT2D eigenvalue weighted by molar-refractivity contribution is 0.591. The zero-order valence-corrected chi connectivity index (χ0v) is 9.10. The first-order valence-electron chi connectivity index (χ1n) is 5.00. The SMILES string of the molecule is Cc1cc(F)c(-c2cc(N)ccc2F)cc1F. The maximum absolute atomic E-state index is 13.7. The Morgan fingerprint density at radius 1 is 0.824 bits per heavy atom. The van der Waals surface area contributed by atoms with Gasteiger partial charge in [0.1, 0.15) is 17.5 Å². The quantitative estimate of drug-likeness (QED) is 0.752. The molecule has 17 heavy (non-hydrogen) atoms. The van der Waals surface area contributed by atoms with Gasteiger partial charge in [-0.25, -0.2) is 13.2 Å². The van der Waals surface area contributed by atoms with Gasteiger partial charge in [0.05, 0.1) is 0 Å². The normalized spacial score (nSPS) is 10.6. The molecule has 0 radical (unpaired) electrons. The van der Waals surface area contributed by atoms with Gasteiger partial charge in [0, 0.05) is 16.8 Å². The summed E-state index contributed by atoms with van der Waals surface area (Å²) in [4.78, 5) is 0. The van der Waals surface area contributed by atoms with Crippen molar-refractivity contribution in [3.63, 3.8) is 0 Å². The van der Waals surface area contributed by atoms with Crippen molar-refractivity contribution in [2.45, 2.75) is 6.92 Å². The third-order valence-electron chi connectivity index (χ3n) is 2.53. The van der Waals surface area contributed by atoms with E-state index >= 15 is 0 Å². The molecule has 2 N–H and O–H groups in total. The van der Waals surface area contributed by atoms with Crippen molar-refractivity contribution in [2.24, 2.45) is 0 Å². The molecule has 0 aliphatic heterocycles. The van der Waals surface area contributed by atoms with Gasteiger partial charge in [-0.3, -0.25) is 0 Å². The minimum atomic E-state index is -0.673. The van der Waals surface area contributed by atoms with Gasteiger partial charge in [-0.15, -0.1) is 0 Å². The van der Waals surface area contributed by atoms with Crippen LogP contribution in [0.15, 0.2) is 30.3 Å². The van der Waals surface area contributed by atoms with Crippen LogP contribution in [0.2, 0.25) is 0 Å². The van der Waals surface area contributed by atoms with E-state index in [1.54, 1.807) is 0 Å². The molecule has 0 bridgehead atoms. The molecule has 0 heterocycles. The Kier molecular flexibility index (Phi) is 2.79. The predicted molar refractivity (Wildman–Crippen MR) is 60.9 cm³/mol. The number of benzene rings is 2. The molecule has 0 aliphatic carbocycles. The average molecular weight is 237 g/mol. The first-order chi connectivity index (χ1) is 7.99. The van der Waals surface area contributed by atoms with Crippen molar-refractivity contribution in [1.29, 1.82) is 0 Å². The van der Waals surface area contributed by atoms with E-state index in [1.807, 2.05) is 0 Å². The number of nitrogens with two attached hydrogens (primary N) is 1. The van der Waals surface area contributed by atoms with E-state index in [1.165, 1.54) is 19.1 Å². The molecule has 88 valence electrons. The Morgan fingerprint density at radius 3 is 2.18 bits per heavy atom. The van der Waals surface area contributed by atoms with Crippen LogP contribution in [0.4, 0.5) is 18.9 Å². The highest BCUT2D eigenvalue weighted by Crippen LogP contribution is 2.29. The Bertz CT molecular complexity index is 579. The molecule has 0 unspecified atom stereocenters. The lowest BCUT2D eigenvalue weighted by atomic mass is 10.0. The van der Waals surface area contributed by atoms with Crippen LogP contribution in [0, 0.1) is 24.4 Å². The van der Waals surface area contributed by atoms with E-state index in [9.17, 15) is 13.2 Å². The molecule has 0 saturated carbocycles.